The molecule has 4 rings (SSSR count). The highest BCUT2D eigenvalue weighted by atomic mass is 32.2. The number of ether oxygens (including phenoxy) is 2. The van der Waals surface area contributed by atoms with Gasteiger partial charge in [-0.3, -0.25) is 7.94 Å². The molecule has 7 heteroatoms. The Bertz CT molecular complexity index is 1190. The van der Waals surface area contributed by atoms with Gasteiger partial charge >= 0.3 is 0 Å². The van der Waals surface area contributed by atoms with Crippen molar-refractivity contribution in [1.29, 1.82) is 10.5 Å². The molecule has 0 aliphatic heterocycles. The molecule has 4 aromatic rings. The van der Waals surface area contributed by atoms with Gasteiger partial charge in [0.2, 0.25) is 0 Å². The number of nitriles is 2. The Kier molecular flexibility index (Phi) is 5.70. The molecule has 152 valence electrons. The van der Waals surface area contributed by atoms with Crippen molar-refractivity contribution in [2.45, 2.75) is 0 Å². The van der Waals surface area contributed by atoms with E-state index in [1.165, 1.54) is 12.1 Å². The van der Waals surface area contributed by atoms with E-state index in [4.69, 9.17) is 9.47 Å². The molecular weight excluding hydrogens is 408 g/mol. The summed E-state index contributed by atoms with van der Waals surface area (Å²) in [6.45, 7) is 0. The lowest BCUT2D eigenvalue weighted by molar-refractivity contribution is 0.415. The average Bonchev–Trinajstić information content (AvgIpc) is 3.43. The lowest BCUT2D eigenvalue weighted by Gasteiger charge is -2.12. The molecule has 0 unspecified atom stereocenters. The van der Waals surface area contributed by atoms with Crippen molar-refractivity contribution in [1.82, 2.24) is 7.94 Å². The Morgan fingerprint density at radius 2 is 1.06 bits per heavy atom. The van der Waals surface area contributed by atoms with Crippen LogP contribution in [0.3, 0.4) is 0 Å². The molecule has 6 nitrogen and oxygen atoms in total. The third-order valence-electron chi connectivity index (χ3n) is 4.78. The lowest BCUT2D eigenvalue weighted by Crippen LogP contribution is -1.97. The van der Waals surface area contributed by atoms with Gasteiger partial charge < -0.3 is 9.47 Å². The Hall–Kier alpha value is -4.07. The Balaban J connectivity index is 1.75. The first-order valence-electron chi connectivity index (χ1n) is 9.38. The van der Waals surface area contributed by atoms with Gasteiger partial charge in [-0.05, 0) is 71.8 Å². The van der Waals surface area contributed by atoms with Gasteiger partial charge in [0.15, 0.2) is 0 Å². The maximum atomic E-state index is 9.44. The molecule has 2 aromatic heterocycles. The molecule has 0 amide bonds. The van der Waals surface area contributed by atoms with Crippen molar-refractivity contribution < 1.29 is 9.47 Å². The van der Waals surface area contributed by atoms with Crippen molar-refractivity contribution in [2.24, 2.45) is 0 Å². The maximum Gasteiger partial charge on any atom is 0.118 e. The summed E-state index contributed by atoms with van der Waals surface area (Å²) in [6.07, 6.45) is 3.57. The highest BCUT2D eigenvalue weighted by Crippen LogP contribution is 2.33. The quantitative estimate of drug-likeness (QED) is 0.416. The van der Waals surface area contributed by atoms with E-state index in [-0.39, 0.29) is 0 Å². The Morgan fingerprint density at radius 3 is 1.39 bits per heavy atom. The van der Waals surface area contributed by atoms with Gasteiger partial charge in [0.1, 0.15) is 23.6 Å². The first kappa shape index (κ1) is 20.2. The molecular formula is C24H18N4O2S. The van der Waals surface area contributed by atoms with Crippen molar-refractivity contribution in [3.05, 3.63) is 84.2 Å². The summed E-state index contributed by atoms with van der Waals surface area (Å²) in [5.74, 6) is 1.53. The van der Waals surface area contributed by atoms with Crippen molar-refractivity contribution in [2.75, 3.05) is 14.2 Å². The molecule has 0 N–H and O–H groups in total. The minimum atomic E-state index is 0.553. The minimum absolute atomic E-state index is 0.553. The van der Waals surface area contributed by atoms with Crippen LogP contribution in [0.5, 0.6) is 11.5 Å². The number of benzene rings is 2. The SMILES string of the molecule is COc1ccc(-c2cc(C#N)cn2Sn2cc(C#N)cc2-c2ccc(OC)cc2)cc1. The first-order valence-corrected chi connectivity index (χ1v) is 10.1. The molecule has 0 bridgehead atoms. The highest BCUT2D eigenvalue weighted by molar-refractivity contribution is 7.96. The summed E-state index contributed by atoms with van der Waals surface area (Å²) in [7, 11) is 3.25. The zero-order valence-electron chi connectivity index (χ0n) is 16.9. The molecule has 0 aliphatic rings. The Labute approximate surface area is 184 Å². The molecule has 2 aromatic carbocycles. The van der Waals surface area contributed by atoms with Crippen LogP contribution in [0.25, 0.3) is 22.5 Å². The number of hydrogen-bond donors (Lipinski definition) is 0. The van der Waals surface area contributed by atoms with Crippen LogP contribution in [0.1, 0.15) is 11.1 Å². The number of aromatic nitrogens is 2. The van der Waals surface area contributed by atoms with Crippen LogP contribution in [0.15, 0.2) is 73.1 Å². The van der Waals surface area contributed by atoms with E-state index >= 15 is 0 Å². The van der Waals surface area contributed by atoms with Gasteiger partial charge in [-0.25, -0.2) is 0 Å². The smallest absolute Gasteiger partial charge is 0.118 e. The standard InChI is InChI=1S/C24H18N4O2S/c1-29-21-7-3-19(4-8-21)23-11-17(13-25)15-27(23)31-28-16-18(14-26)12-24(28)20-5-9-22(30-2)10-6-20/h3-12,15-16H,1-2H3. The van der Waals surface area contributed by atoms with Gasteiger partial charge in [-0.2, -0.15) is 10.5 Å². The molecule has 0 saturated carbocycles. The van der Waals surface area contributed by atoms with E-state index in [0.717, 1.165) is 34.0 Å². The molecule has 0 aliphatic carbocycles. The van der Waals surface area contributed by atoms with Gasteiger partial charge in [-0.1, -0.05) is 0 Å². The van der Waals surface area contributed by atoms with E-state index in [9.17, 15) is 10.5 Å². The first-order chi connectivity index (χ1) is 15.1. The molecule has 0 atom stereocenters. The molecule has 0 spiro atoms. The second-order valence-corrected chi connectivity index (χ2v) is 7.59. The number of methoxy groups -OCH3 is 2. The second-order valence-electron chi connectivity index (χ2n) is 6.64. The van der Waals surface area contributed by atoms with Gasteiger partial charge in [0, 0.05) is 12.4 Å². The molecule has 2 heterocycles. The molecule has 0 saturated heterocycles. The number of rotatable bonds is 6. The third-order valence-corrected chi connectivity index (χ3v) is 5.73. The summed E-state index contributed by atoms with van der Waals surface area (Å²) in [5.41, 5.74) is 4.75. The summed E-state index contributed by atoms with van der Waals surface area (Å²) >= 11 is 1.39. The second kappa shape index (κ2) is 8.74. The monoisotopic (exact) mass is 426 g/mol. The highest BCUT2D eigenvalue weighted by Gasteiger charge is 2.14. The summed E-state index contributed by atoms with van der Waals surface area (Å²) in [4.78, 5) is 0. The predicted octanol–water partition coefficient (Wildman–Crippen LogP) is 5.34. The molecule has 31 heavy (non-hydrogen) atoms. The fraction of sp³-hybridized carbons (Fsp3) is 0.0833. The summed E-state index contributed by atoms with van der Waals surface area (Å²) in [6, 6.07) is 23.4. The predicted molar refractivity (Wildman–Crippen MR) is 121 cm³/mol. The fourth-order valence-corrected chi connectivity index (χ4v) is 4.19. The van der Waals surface area contributed by atoms with Crippen LogP contribution >= 0.6 is 12.1 Å². The zero-order chi connectivity index (χ0) is 21.8. The van der Waals surface area contributed by atoms with Crippen molar-refractivity contribution >= 4 is 12.1 Å². The lowest BCUT2D eigenvalue weighted by atomic mass is 10.1. The largest absolute Gasteiger partial charge is 0.497 e. The number of hydrogen-bond acceptors (Lipinski definition) is 5. The topological polar surface area (TPSA) is 75.9 Å². The van der Waals surface area contributed by atoms with E-state index < -0.39 is 0 Å². The van der Waals surface area contributed by atoms with E-state index in [1.807, 2.05) is 68.6 Å². The summed E-state index contributed by atoms with van der Waals surface area (Å²) < 4.78 is 14.3. The third kappa shape index (κ3) is 4.13. The maximum absolute atomic E-state index is 9.44. The molecule has 0 radical (unpaired) electrons. The Morgan fingerprint density at radius 1 is 0.677 bits per heavy atom. The van der Waals surface area contributed by atoms with Crippen LogP contribution in [0.4, 0.5) is 0 Å². The average molecular weight is 427 g/mol. The summed E-state index contributed by atoms with van der Waals surface area (Å²) in [5, 5.41) is 18.9. The van der Waals surface area contributed by atoms with Crippen LogP contribution < -0.4 is 9.47 Å². The van der Waals surface area contributed by atoms with E-state index in [2.05, 4.69) is 12.1 Å². The normalized spacial score (nSPS) is 10.3. The van der Waals surface area contributed by atoms with Crippen LogP contribution in [-0.2, 0) is 0 Å². The van der Waals surface area contributed by atoms with Crippen molar-refractivity contribution in [3.63, 3.8) is 0 Å². The van der Waals surface area contributed by atoms with E-state index in [0.29, 0.717) is 11.1 Å². The van der Waals surface area contributed by atoms with Crippen molar-refractivity contribution in [3.8, 4) is 46.2 Å². The van der Waals surface area contributed by atoms with Crippen LogP contribution in [0, 0.1) is 22.7 Å². The van der Waals surface area contributed by atoms with Crippen LogP contribution in [-0.4, -0.2) is 22.2 Å². The number of nitrogens with zero attached hydrogens (tertiary/aromatic N) is 4. The van der Waals surface area contributed by atoms with Gasteiger partial charge in [0.25, 0.3) is 0 Å². The van der Waals surface area contributed by atoms with E-state index in [1.54, 1.807) is 26.6 Å². The van der Waals surface area contributed by atoms with Gasteiger partial charge in [0.05, 0.1) is 48.9 Å². The van der Waals surface area contributed by atoms with Crippen LogP contribution in [0.2, 0.25) is 0 Å². The molecule has 0 fully saturated rings. The fourth-order valence-electron chi connectivity index (χ4n) is 3.18. The zero-order valence-corrected chi connectivity index (χ0v) is 17.8. The minimum Gasteiger partial charge on any atom is -0.497 e. The van der Waals surface area contributed by atoms with Gasteiger partial charge in [-0.15, -0.1) is 0 Å².